The second kappa shape index (κ2) is 10.9. The number of hydrazine groups is 1. The molecule has 1 aromatic carbocycles. The molecule has 0 spiro atoms. The van der Waals surface area contributed by atoms with Crippen LogP contribution in [0.2, 0.25) is 0 Å². The number of rotatable bonds is 7. The molecule has 31 heavy (non-hydrogen) atoms. The average molecular weight is 444 g/mol. The van der Waals surface area contributed by atoms with Gasteiger partial charge in [0.2, 0.25) is 5.91 Å². The number of hydrogen-bond donors (Lipinski definition) is 4. The smallest absolute Gasteiger partial charge is 0.221 e. The molecule has 1 heterocycles. The number of carbonyl (C=O) groups excluding carboxylic acids is 1. The first-order valence-corrected chi connectivity index (χ1v) is 9.41. The van der Waals surface area contributed by atoms with Crippen molar-refractivity contribution < 1.29 is 9.18 Å². The molecule has 8 nitrogen and oxygen atoms in total. The van der Waals surface area contributed by atoms with Crippen LogP contribution >= 0.6 is 11.6 Å². The maximum absolute atomic E-state index is 13.2. The molecule has 7 N–H and O–H groups in total. The Kier molecular flexibility index (Phi) is 8.30. The largest absolute Gasteiger partial charge is 0.383 e. The summed E-state index contributed by atoms with van der Waals surface area (Å²) in [6.45, 7) is 4.74. The minimum absolute atomic E-state index is 0.00636. The SMILES string of the molecule is C=C/C(F)=C\C=C(\Cl)CN(N)/C(=N\N)c1cc(-c2ccc(NC(C)=O)cc2)cnc1N. The normalized spacial score (nSPS) is 12.5. The van der Waals surface area contributed by atoms with Crippen molar-refractivity contribution in [3.63, 3.8) is 0 Å². The number of nitrogens with one attached hydrogen (secondary N) is 1. The molecule has 2 rings (SSSR count). The third kappa shape index (κ3) is 6.66. The number of nitrogens with two attached hydrogens (primary N) is 3. The minimum Gasteiger partial charge on any atom is -0.383 e. The molecule has 0 atom stereocenters. The lowest BCUT2D eigenvalue weighted by Gasteiger charge is -2.21. The molecule has 2 aromatic rings. The highest BCUT2D eigenvalue weighted by Gasteiger charge is 2.16. The van der Waals surface area contributed by atoms with Gasteiger partial charge in [0.15, 0.2) is 5.84 Å². The van der Waals surface area contributed by atoms with Crippen LogP contribution in [-0.4, -0.2) is 28.3 Å². The Bertz CT molecular complexity index is 1050. The van der Waals surface area contributed by atoms with Crippen molar-refractivity contribution in [1.29, 1.82) is 0 Å². The summed E-state index contributed by atoms with van der Waals surface area (Å²) in [6.07, 6.45) is 5.15. The Morgan fingerprint density at radius 1 is 1.32 bits per heavy atom. The number of hydrazone groups is 1. The number of amidine groups is 1. The number of halogens is 2. The van der Waals surface area contributed by atoms with Gasteiger partial charge in [-0.25, -0.2) is 15.2 Å². The molecule has 1 aromatic heterocycles. The van der Waals surface area contributed by atoms with Crippen LogP contribution in [0.5, 0.6) is 0 Å². The van der Waals surface area contributed by atoms with Gasteiger partial charge in [0.1, 0.15) is 11.6 Å². The number of benzene rings is 1. The molecule has 0 saturated carbocycles. The highest BCUT2D eigenvalue weighted by Crippen LogP contribution is 2.24. The predicted octanol–water partition coefficient (Wildman–Crippen LogP) is 3.25. The first-order valence-electron chi connectivity index (χ1n) is 9.03. The van der Waals surface area contributed by atoms with Gasteiger partial charge in [-0.15, -0.1) is 0 Å². The Balaban J connectivity index is 2.30. The Labute approximate surface area is 184 Å². The summed E-state index contributed by atoms with van der Waals surface area (Å²) in [5, 5.41) is 7.83. The summed E-state index contributed by atoms with van der Waals surface area (Å²) in [6, 6.07) is 8.90. The van der Waals surface area contributed by atoms with Gasteiger partial charge >= 0.3 is 0 Å². The summed E-state index contributed by atoms with van der Waals surface area (Å²) < 4.78 is 13.2. The quantitative estimate of drug-likeness (QED) is 0.170. The van der Waals surface area contributed by atoms with Crippen molar-refractivity contribution in [3.05, 3.63) is 77.8 Å². The first-order chi connectivity index (χ1) is 14.7. The highest BCUT2D eigenvalue weighted by atomic mass is 35.5. The van der Waals surface area contributed by atoms with Gasteiger partial charge in [-0.3, -0.25) is 9.80 Å². The molecule has 0 fully saturated rings. The van der Waals surface area contributed by atoms with Crippen molar-refractivity contribution >= 4 is 34.8 Å². The zero-order chi connectivity index (χ0) is 23.0. The standard InChI is InChI=1S/C21H23ClFN7O/c1-3-17(23)7-6-16(22)12-30(26)21(29-25)19-10-15(11-27-20(19)24)14-4-8-18(9-5-14)28-13(2)31/h3-11H,1,12,25-26H2,2H3,(H2,24,27)(H,28,31)/b16-6+,17-7+,29-21-. The third-order valence-corrected chi connectivity index (χ3v) is 4.28. The number of pyridine rings is 1. The molecule has 10 heteroatoms. The monoisotopic (exact) mass is 443 g/mol. The number of amides is 1. The van der Waals surface area contributed by atoms with E-state index in [0.717, 1.165) is 23.3 Å². The molecule has 0 aliphatic heterocycles. The van der Waals surface area contributed by atoms with E-state index in [1.54, 1.807) is 24.4 Å². The van der Waals surface area contributed by atoms with E-state index in [9.17, 15) is 9.18 Å². The number of anilines is 2. The number of nitrogens with zero attached hydrogens (tertiary/aromatic N) is 3. The summed E-state index contributed by atoms with van der Waals surface area (Å²) in [5.74, 6) is 11.2. The van der Waals surface area contributed by atoms with Crippen LogP contribution < -0.4 is 22.7 Å². The van der Waals surface area contributed by atoms with Crippen LogP contribution in [0.3, 0.4) is 0 Å². The maximum atomic E-state index is 13.2. The first kappa shape index (κ1) is 23.6. The molecule has 162 valence electrons. The van der Waals surface area contributed by atoms with Crippen molar-refractivity contribution in [1.82, 2.24) is 9.99 Å². The van der Waals surface area contributed by atoms with Crippen molar-refractivity contribution in [2.45, 2.75) is 6.92 Å². The minimum atomic E-state index is -0.542. The van der Waals surface area contributed by atoms with Crippen molar-refractivity contribution in [3.8, 4) is 11.1 Å². The molecule has 1 amide bonds. The Morgan fingerprint density at radius 2 is 2.00 bits per heavy atom. The summed E-state index contributed by atoms with van der Waals surface area (Å²) in [4.78, 5) is 15.4. The van der Waals surface area contributed by atoms with Gasteiger partial charge in [0, 0.05) is 29.4 Å². The van der Waals surface area contributed by atoms with Crippen molar-refractivity contribution in [2.24, 2.45) is 16.8 Å². The molecule has 0 bridgehead atoms. The van der Waals surface area contributed by atoms with Crippen LogP contribution in [0.25, 0.3) is 11.1 Å². The summed E-state index contributed by atoms with van der Waals surface area (Å²) in [5.41, 5.74) is 8.63. The fraction of sp³-hybridized carbons (Fsp3) is 0.0952. The van der Waals surface area contributed by atoms with Gasteiger partial charge in [0.25, 0.3) is 0 Å². The average Bonchev–Trinajstić information content (AvgIpc) is 2.74. The molecular weight excluding hydrogens is 421 g/mol. The molecular formula is C21H23ClFN7O. The number of carbonyl (C=O) groups is 1. The number of aromatic nitrogens is 1. The molecule has 0 aliphatic carbocycles. The van der Waals surface area contributed by atoms with Crippen molar-refractivity contribution in [2.75, 3.05) is 17.6 Å². The molecule has 0 unspecified atom stereocenters. The zero-order valence-electron chi connectivity index (χ0n) is 16.8. The number of nitrogen functional groups attached to an aromatic ring is 1. The molecule has 0 saturated heterocycles. The van der Waals surface area contributed by atoms with E-state index < -0.39 is 5.83 Å². The van der Waals surface area contributed by atoms with Crippen LogP contribution in [0.4, 0.5) is 15.9 Å². The third-order valence-electron chi connectivity index (χ3n) is 4.03. The second-order valence-electron chi connectivity index (χ2n) is 6.37. The summed E-state index contributed by atoms with van der Waals surface area (Å²) in [7, 11) is 0. The highest BCUT2D eigenvalue weighted by molar-refractivity contribution is 6.30. The van der Waals surface area contributed by atoms with Gasteiger partial charge in [-0.05, 0) is 42.0 Å². The van der Waals surface area contributed by atoms with E-state index in [4.69, 9.17) is 29.0 Å². The van der Waals surface area contributed by atoms with E-state index in [2.05, 4.69) is 22.0 Å². The Morgan fingerprint density at radius 3 is 2.58 bits per heavy atom. The molecule has 0 aliphatic rings. The van der Waals surface area contributed by atoms with Gasteiger partial charge < -0.3 is 16.9 Å². The van der Waals surface area contributed by atoms with Crippen LogP contribution in [0, 0.1) is 0 Å². The van der Waals surface area contributed by atoms with Gasteiger partial charge in [-0.2, -0.15) is 5.10 Å². The van der Waals surface area contributed by atoms with Gasteiger partial charge in [-0.1, -0.05) is 30.3 Å². The van der Waals surface area contributed by atoms with E-state index in [1.807, 2.05) is 12.1 Å². The summed E-state index contributed by atoms with van der Waals surface area (Å²) >= 11 is 6.10. The van der Waals surface area contributed by atoms with E-state index >= 15 is 0 Å². The number of hydrogen-bond acceptors (Lipinski definition) is 6. The fourth-order valence-corrected chi connectivity index (χ4v) is 2.78. The van der Waals surface area contributed by atoms with Crippen LogP contribution in [0.1, 0.15) is 12.5 Å². The lowest BCUT2D eigenvalue weighted by Crippen LogP contribution is -2.40. The van der Waals surface area contributed by atoms with Gasteiger partial charge in [0.05, 0.1) is 12.1 Å². The fourth-order valence-electron chi connectivity index (χ4n) is 2.59. The topological polar surface area (TPSA) is 136 Å². The van der Waals surface area contributed by atoms with Crippen LogP contribution in [-0.2, 0) is 4.79 Å². The van der Waals surface area contributed by atoms with E-state index in [0.29, 0.717) is 11.3 Å². The van der Waals surface area contributed by atoms with Crippen LogP contribution in [0.15, 0.2) is 77.3 Å². The lowest BCUT2D eigenvalue weighted by molar-refractivity contribution is -0.114. The van der Waals surface area contributed by atoms with E-state index in [-0.39, 0.29) is 29.1 Å². The molecule has 0 radical (unpaired) electrons. The Hall–Kier alpha value is -3.69. The predicted molar refractivity (Wildman–Crippen MR) is 123 cm³/mol. The number of allylic oxidation sites excluding steroid dienone is 4. The van der Waals surface area contributed by atoms with E-state index in [1.165, 1.54) is 18.0 Å². The second-order valence-corrected chi connectivity index (χ2v) is 6.85. The zero-order valence-corrected chi connectivity index (χ0v) is 17.6. The lowest BCUT2D eigenvalue weighted by atomic mass is 10.0. The maximum Gasteiger partial charge on any atom is 0.221 e.